The van der Waals surface area contributed by atoms with E-state index < -0.39 is 0 Å². The molecule has 0 bridgehead atoms. The van der Waals surface area contributed by atoms with Crippen molar-refractivity contribution in [2.75, 3.05) is 16.8 Å². The van der Waals surface area contributed by atoms with Crippen molar-refractivity contribution in [1.29, 1.82) is 0 Å². The number of furan rings is 1. The first-order valence-electron chi connectivity index (χ1n) is 8.67. The van der Waals surface area contributed by atoms with Crippen LogP contribution >= 0.6 is 11.6 Å². The standard InChI is InChI=1S/C21H17ClN2O3/c22-17-7-2-1-6-16(17)20(25)23-15-10-9-14-5-3-11-24(18(14)13-15)21(26)19-8-4-12-27-19/h1-2,4,6-10,12-13H,3,5,11H2,(H,23,25). The third-order valence-electron chi connectivity index (χ3n) is 4.56. The number of nitrogens with one attached hydrogen (secondary N) is 1. The summed E-state index contributed by atoms with van der Waals surface area (Å²) in [6.45, 7) is 0.606. The first kappa shape index (κ1) is 17.4. The molecule has 1 aliphatic rings. The maximum absolute atomic E-state index is 12.8. The molecule has 2 aromatic carbocycles. The van der Waals surface area contributed by atoms with E-state index in [4.69, 9.17) is 16.0 Å². The Labute approximate surface area is 161 Å². The van der Waals surface area contributed by atoms with Crippen LogP contribution in [0.5, 0.6) is 0 Å². The molecule has 0 atom stereocenters. The molecule has 0 unspecified atom stereocenters. The zero-order valence-electron chi connectivity index (χ0n) is 14.4. The number of hydrogen-bond acceptors (Lipinski definition) is 3. The SMILES string of the molecule is O=C(Nc1ccc2c(c1)N(C(=O)c1ccco1)CCC2)c1ccccc1Cl. The minimum atomic E-state index is -0.291. The Morgan fingerprint density at radius 2 is 1.93 bits per heavy atom. The van der Waals surface area contributed by atoms with Gasteiger partial charge in [-0.3, -0.25) is 9.59 Å². The molecule has 0 aliphatic carbocycles. The van der Waals surface area contributed by atoms with E-state index in [9.17, 15) is 9.59 Å². The van der Waals surface area contributed by atoms with Crippen LogP contribution in [0, 0.1) is 0 Å². The lowest BCUT2D eigenvalue weighted by Crippen LogP contribution is -2.35. The number of fused-ring (bicyclic) bond motifs is 1. The third kappa shape index (κ3) is 3.46. The highest BCUT2D eigenvalue weighted by molar-refractivity contribution is 6.34. The zero-order chi connectivity index (χ0) is 18.8. The van der Waals surface area contributed by atoms with E-state index in [1.54, 1.807) is 41.3 Å². The normalized spacial score (nSPS) is 13.1. The van der Waals surface area contributed by atoms with Crippen LogP contribution in [0.2, 0.25) is 5.02 Å². The molecule has 0 spiro atoms. The number of carbonyl (C=O) groups excluding carboxylic acids is 2. The number of rotatable bonds is 3. The van der Waals surface area contributed by atoms with E-state index in [2.05, 4.69) is 5.32 Å². The van der Waals surface area contributed by atoms with Crippen LogP contribution in [-0.4, -0.2) is 18.4 Å². The molecule has 2 amide bonds. The molecule has 6 heteroatoms. The molecule has 5 nitrogen and oxygen atoms in total. The summed E-state index contributed by atoms with van der Waals surface area (Å²) < 4.78 is 5.25. The van der Waals surface area contributed by atoms with Gasteiger partial charge in [-0.05, 0) is 54.8 Å². The zero-order valence-corrected chi connectivity index (χ0v) is 15.2. The first-order chi connectivity index (χ1) is 13.1. The molecule has 0 fully saturated rings. The van der Waals surface area contributed by atoms with Gasteiger partial charge in [-0.15, -0.1) is 0 Å². The van der Waals surface area contributed by atoms with Gasteiger partial charge >= 0.3 is 0 Å². The molecule has 136 valence electrons. The lowest BCUT2D eigenvalue weighted by Gasteiger charge is -2.29. The number of amides is 2. The second-order valence-electron chi connectivity index (χ2n) is 6.32. The molecule has 4 rings (SSSR count). The van der Waals surface area contributed by atoms with Crippen molar-refractivity contribution in [2.24, 2.45) is 0 Å². The molecule has 0 radical (unpaired) electrons. The predicted octanol–water partition coefficient (Wildman–Crippen LogP) is 4.78. The summed E-state index contributed by atoms with van der Waals surface area (Å²) in [6, 6.07) is 15.8. The van der Waals surface area contributed by atoms with Gasteiger partial charge in [0.05, 0.1) is 16.8 Å². The molecular formula is C21H17ClN2O3. The summed E-state index contributed by atoms with van der Waals surface area (Å²) in [5.74, 6) is -0.177. The van der Waals surface area contributed by atoms with E-state index in [-0.39, 0.29) is 11.8 Å². The van der Waals surface area contributed by atoms with Crippen molar-refractivity contribution in [2.45, 2.75) is 12.8 Å². The highest BCUT2D eigenvalue weighted by atomic mass is 35.5. The largest absolute Gasteiger partial charge is 0.459 e. The summed E-state index contributed by atoms with van der Waals surface area (Å²) in [5.41, 5.74) is 2.87. The monoisotopic (exact) mass is 380 g/mol. The van der Waals surface area contributed by atoms with Crippen molar-refractivity contribution >= 4 is 34.8 Å². The van der Waals surface area contributed by atoms with Crippen LogP contribution in [0.4, 0.5) is 11.4 Å². The fourth-order valence-corrected chi connectivity index (χ4v) is 3.46. The first-order valence-corrected chi connectivity index (χ1v) is 9.05. The molecule has 1 aromatic heterocycles. The third-order valence-corrected chi connectivity index (χ3v) is 4.89. The Kier molecular flexibility index (Phi) is 4.69. The maximum atomic E-state index is 12.8. The molecule has 0 saturated heterocycles. The van der Waals surface area contributed by atoms with E-state index in [0.717, 1.165) is 24.1 Å². The van der Waals surface area contributed by atoms with Crippen LogP contribution in [0.3, 0.4) is 0 Å². The summed E-state index contributed by atoms with van der Waals surface area (Å²) in [4.78, 5) is 27.0. The van der Waals surface area contributed by atoms with Crippen molar-refractivity contribution in [3.05, 3.63) is 82.8 Å². The minimum absolute atomic E-state index is 0.185. The Morgan fingerprint density at radius 1 is 1.07 bits per heavy atom. The van der Waals surface area contributed by atoms with E-state index >= 15 is 0 Å². The predicted molar refractivity (Wildman–Crippen MR) is 105 cm³/mol. The van der Waals surface area contributed by atoms with Crippen molar-refractivity contribution in [3.8, 4) is 0 Å². The number of anilines is 2. The van der Waals surface area contributed by atoms with Gasteiger partial charge in [0.25, 0.3) is 11.8 Å². The van der Waals surface area contributed by atoms with E-state index in [1.807, 2.05) is 18.2 Å². The second kappa shape index (κ2) is 7.29. The van der Waals surface area contributed by atoms with Crippen LogP contribution in [0.15, 0.2) is 65.3 Å². The molecule has 1 N–H and O–H groups in total. The van der Waals surface area contributed by atoms with Crippen LogP contribution in [0.1, 0.15) is 32.9 Å². The Bertz CT molecular complexity index is 998. The van der Waals surface area contributed by atoms with Gasteiger partial charge in [-0.25, -0.2) is 0 Å². The van der Waals surface area contributed by atoms with Crippen LogP contribution in [-0.2, 0) is 6.42 Å². The summed E-state index contributed by atoms with van der Waals surface area (Å²) in [6.07, 6.45) is 3.25. The number of halogens is 1. The number of nitrogens with zero attached hydrogens (tertiary/aromatic N) is 1. The fourth-order valence-electron chi connectivity index (χ4n) is 3.24. The van der Waals surface area contributed by atoms with Crippen molar-refractivity contribution < 1.29 is 14.0 Å². The van der Waals surface area contributed by atoms with Crippen molar-refractivity contribution in [3.63, 3.8) is 0 Å². The Hall–Kier alpha value is -3.05. The average molecular weight is 381 g/mol. The lowest BCUT2D eigenvalue weighted by atomic mass is 10.0. The number of benzene rings is 2. The van der Waals surface area contributed by atoms with Crippen LogP contribution in [0.25, 0.3) is 0 Å². The van der Waals surface area contributed by atoms with Crippen molar-refractivity contribution in [1.82, 2.24) is 0 Å². The molecule has 3 aromatic rings. The minimum Gasteiger partial charge on any atom is -0.459 e. The molecule has 27 heavy (non-hydrogen) atoms. The van der Waals surface area contributed by atoms with Gasteiger partial charge < -0.3 is 14.6 Å². The number of hydrogen-bond donors (Lipinski definition) is 1. The highest BCUT2D eigenvalue weighted by Gasteiger charge is 2.25. The van der Waals surface area contributed by atoms with Gasteiger partial charge in [0.1, 0.15) is 0 Å². The molecule has 1 aliphatic heterocycles. The quantitative estimate of drug-likeness (QED) is 0.711. The van der Waals surface area contributed by atoms with Gasteiger partial charge in [0, 0.05) is 17.9 Å². The summed E-state index contributed by atoms with van der Waals surface area (Å²) in [7, 11) is 0. The molecule has 0 saturated carbocycles. The Morgan fingerprint density at radius 3 is 2.70 bits per heavy atom. The average Bonchev–Trinajstić information content (AvgIpc) is 3.22. The van der Waals surface area contributed by atoms with E-state index in [1.165, 1.54) is 6.26 Å². The topological polar surface area (TPSA) is 62.6 Å². The van der Waals surface area contributed by atoms with Gasteiger partial charge in [-0.2, -0.15) is 0 Å². The van der Waals surface area contributed by atoms with Crippen LogP contribution < -0.4 is 10.2 Å². The molecule has 2 heterocycles. The highest BCUT2D eigenvalue weighted by Crippen LogP contribution is 2.31. The summed E-state index contributed by atoms with van der Waals surface area (Å²) in [5, 5.41) is 3.25. The van der Waals surface area contributed by atoms with E-state index in [0.29, 0.717) is 28.6 Å². The Balaban J connectivity index is 1.62. The second-order valence-corrected chi connectivity index (χ2v) is 6.72. The fraction of sp³-hybridized carbons (Fsp3) is 0.143. The van der Waals surface area contributed by atoms with Gasteiger partial charge in [0.15, 0.2) is 5.76 Å². The summed E-state index contributed by atoms with van der Waals surface area (Å²) >= 11 is 6.10. The number of carbonyl (C=O) groups is 2. The van der Waals surface area contributed by atoms with Gasteiger partial charge in [0.2, 0.25) is 0 Å². The maximum Gasteiger partial charge on any atom is 0.293 e. The lowest BCUT2D eigenvalue weighted by molar-refractivity contribution is 0.0958. The van der Waals surface area contributed by atoms with Gasteiger partial charge in [-0.1, -0.05) is 29.8 Å². The smallest absolute Gasteiger partial charge is 0.293 e. The number of aryl methyl sites for hydroxylation is 1. The molecular weight excluding hydrogens is 364 g/mol.